The van der Waals surface area contributed by atoms with Gasteiger partial charge in [-0.15, -0.1) is 0 Å². The molecule has 0 spiro atoms. The van der Waals surface area contributed by atoms with E-state index in [0.717, 1.165) is 6.42 Å². The third-order valence-electron chi connectivity index (χ3n) is 3.02. The van der Waals surface area contributed by atoms with Crippen molar-refractivity contribution in [3.8, 4) is 0 Å². The molecule has 1 nitrogen and oxygen atoms in total. The quantitative estimate of drug-likeness (QED) is 0.670. The van der Waals surface area contributed by atoms with Crippen LogP contribution in [0.25, 0.3) is 0 Å². The van der Waals surface area contributed by atoms with E-state index in [1.165, 1.54) is 6.42 Å². The molecule has 0 fully saturated rings. The fourth-order valence-corrected chi connectivity index (χ4v) is 2.28. The van der Waals surface area contributed by atoms with E-state index in [9.17, 15) is 4.80 Å². The highest BCUT2D eigenvalue weighted by Gasteiger charge is 2.30. The second-order valence-electron chi connectivity index (χ2n) is 5.28. The molecule has 12 heavy (non-hydrogen) atoms. The van der Waals surface area contributed by atoms with E-state index < -0.39 is 8.32 Å². The molecule has 1 unspecified atom stereocenters. The fraction of sp³-hybridized carbons (Fsp3) is 1.00. The first-order valence-electron chi connectivity index (χ1n) is 4.91. The van der Waals surface area contributed by atoms with Gasteiger partial charge in [-0.05, 0) is 30.5 Å². The molecule has 0 aliphatic rings. The second kappa shape index (κ2) is 3.92. The average molecular weight is 188 g/mol. The van der Waals surface area contributed by atoms with Gasteiger partial charge in [-0.3, -0.25) is 0 Å². The standard InChI is InChI=1S/C10H24OSi/c1-7-10(3,4)8-9(2)12(5,6)11/h9,11H,7-8H2,1-6H3. The molecular weight excluding hydrogens is 164 g/mol. The first-order valence-corrected chi connectivity index (χ1v) is 7.94. The molecule has 0 saturated carbocycles. The van der Waals surface area contributed by atoms with Crippen molar-refractivity contribution in [3.05, 3.63) is 0 Å². The lowest BCUT2D eigenvalue weighted by molar-refractivity contribution is 0.307. The lowest BCUT2D eigenvalue weighted by atomic mass is 9.85. The van der Waals surface area contributed by atoms with Gasteiger partial charge < -0.3 is 4.80 Å². The van der Waals surface area contributed by atoms with Gasteiger partial charge in [-0.25, -0.2) is 0 Å². The smallest absolute Gasteiger partial charge is 0.185 e. The van der Waals surface area contributed by atoms with Gasteiger partial charge in [0.2, 0.25) is 0 Å². The lowest BCUT2D eigenvalue weighted by Crippen LogP contribution is -2.33. The van der Waals surface area contributed by atoms with Crippen molar-refractivity contribution < 1.29 is 4.80 Å². The highest BCUT2D eigenvalue weighted by Crippen LogP contribution is 2.35. The molecule has 0 bridgehead atoms. The molecule has 0 amide bonds. The maximum Gasteiger partial charge on any atom is 0.185 e. The molecule has 0 heterocycles. The van der Waals surface area contributed by atoms with Gasteiger partial charge in [0, 0.05) is 0 Å². The highest BCUT2D eigenvalue weighted by molar-refractivity contribution is 6.71. The molecule has 2 heteroatoms. The van der Waals surface area contributed by atoms with Crippen LogP contribution in [-0.4, -0.2) is 13.1 Å². The molecule has 1 atom stereocenters. The largest absolute Gasteiger partial charge is 0.432 e. The molecule has 1 N–H and O–H groups in total. The SMILES string of the molecule is CCC(C)(C)CC(C)[Si](C)(C)O. The van der Waals surface area contributed by atoms with Gasteiger partial charge in [0.05, 0.1) is 0 Å². The van der Waals surface area contributed by atoms with E-state index in [2.05, 4.69) is 27.7 Å². The molecule has 0 aromatic heterocycles. The Bertz CT molecular complexity index is 135. The molecule has 0 aliphatic carbocycles. The Labute approximate surface area is 78.3 Å². The normalized spacial score (nSPS) is 16.2. The van der Waals surface area contributed by atoms with Gasteiger partial charge in [0.1, 0.15) is 0 Å². The first-order chi connectivity index (χ1) is 5.19. The lowest BCUT2D eigenvalue weighted by Gasteiger charge is -2.31. The molecule has 0 rings (SSSR count). The van der Waals surface area contributed by atoms with E-state index in [1.807, 2.05) is 13.1 Å². The van der Waals surface area contributed by atoms with Crippen LogP contribution < -0.4 is 0 Å². The van der Waals surface area contributed by atoms with Crippen LogP contribution in [0.4, 0.5) is 0 Å². The van der Waals surface area contributed by atoms with Crippen molar-refractivity contribution in [1.29, 1.82) is 0 Å². The zero-order chi connectivity index (χ0) is 9.99. The monoisotopic (exact) mass is 188 g/mol. The summed E-state index contributed by atoms with van der Waals surface area (Å²) in [6.07, 6.45) is 2.35. The van der Waals surface area contributed by atoms with Crippen LogP contribution >= 0.6 is 0 Å². The summed E-state index contributed by atoms with van der Waals surface area (Å²) in [7, 11) is -1.89. The van der Waals surface area contributed by atoms with Crippen LogP contribution in [0.5, 0.6) is 0 Å². The second-order valence-corrected chi connectivity index (χ2v) is 9.57. The minimum atomic E-state index is -1.89. The molecular formula is C10H24OSi. The van der Waals surface area contributed by atoms with Gasteiger partial charge in [0.15, 0.2) is 8.32 Å². The van der Waals surface area contributed by atoms with Crippen molar-refractivity contribution in [1.82, 2.24) is 0 Å². The molecule has 0 aliphatic heterocycles. The number of hydrogen-bond donors (Lipinski definition) is 1. The Morgan fingerprint density at radius 2 is 1.75 bits per heavy atom. The summed E-state index contributed by atoms with van der Waals surface area (Å²) in [6.45, 7) is 13.0. The van der Waals surface area contributed by atoms with E-state index in [1.54, 1.807) is 0 Å². The van der Waals surface area contributed by atoms with E-state index in [-0.39, 0.29) is 0 Å². The van der Waals surface area contributed by atoms with Crippen LogP contribution in [0, 0.1) is 5.41 Å². The maximum atomic E-state index is 9.88. The summed E-state index contributed by atoms with van der Waals surface area (Å²) in [5, 5.41) is 0. The number of hydrogen-bond acceptors (Lipinski definition) is 1. The van der Waals surface area contributed by atoms with Crippen LogP contribution in [0.2, 0.25) is 18.6 Å². The summed E-state index contributed by atoms with van der Waals surface area (Å²) in [5.74, 6) is 0. The van der Waals surface area contributed by atoms with Gasteiger partial charge >= 0.3 is 0 Å². The zero-order valence-electron chi connectivity index (χ0n) is 9.44. The predicted octanol–water partition coefficient (Wildman–Crippen LogP) is 3.40. The van der Waals surface area contributed by atoms with Crippen LogP contribution in [0.1, 0.15) is 40.5 Å². The van der Waals surface area contributed by atoms with Crippen molar-refractivity contribution in [2.45, 2.75) is 59.2 Å². The van der Waals surface area contributed by atoms with Crippen LogP contribution in [0.3, 0.4) is 0 Å². The number of rotatable bonds is 4. The Hall–Kier alpha value is 0.177. The van der Waals surface area contributed by atoms with E-state index in [4.69, 9.17) is 0 Å². The summed E-state index contributed by atoms with van der Waals surface area (Å²) < 4.78 is 0. The maximum absolute atomic E-state index is 9.88. The minimum absolute atomic E-state index is 0.395. The predicted molar refractivity (Wildman–Crippen MR) is 57.8 cm³/mol. The summed E-state index contributed by atoms with van der Waals surface area (Å²) in [6, 6.07) is 0. The molecule has 74 valence electrons. The van der Waals surface area contributed by atoms with Crippen LogP contribution in [0.15, 0.2) is 0 Å². The molecule has 0 radical (unpaired) electrons. The fourth-order valence-electron chi connectivity index (χ4n) is 1.22. The van der Waals surface area contributed by atoms with Gasteiger partial charge in [-0.2, -0.15) is 0 Å². The Balaban J connectivity index is 4.09. The van der Waals surface area contributed by atoms with Crippen molar-refractivity contribution in [2.24, 2.45) is 5.41 Å². The van der Waals surface area contributed by atoms with E-state index >= 15 is 0 Å². The van der Waals surface area contributed by atoms with Crippen molar-refractivity contribution in [3.63, 3.8) is 0 Å². The average Bonchev–Trinajstić information content (AvgIpc) is 1.85. The topological polar surface area (TPSA) is 20.2 Å². The van der Waals surface area contributed by atoms with Gasteiger partial charge in [0.25, 0.3) is 0 Å². The first kappa shape index (κ1) is 12.2. The highest BCUT2D eigenvalue weighted by atomic mass is 28.4. The Kier molecular flexibility index (Phi) is 3.98. The van der Waals surface area contributed by atoms with Crippen molar-refractivity contribution >= 4 is 8.32 Å². The van der Waals surface area contributed by atoms with Crippen molar-refractivity contribution in [2.75, 3.05) is 0 Å². The summed E-state index contributed by atoms with van der Waals surface area (Å²) >= 11 is 0. The Morgan fingerprint density at radius 1 is 1.33 bits per heavy atom. The molecule has 0 saturated heterocycles. The zero-order valence-corrected chi connectivity index (χ0v) is 10.4. The van der Waals surface area contributed by atoms with E-state index in [0.29, 0.717) is 11.0 Å². The Morgan fingerprint density at radius 3 is 2.00 bits per heavy atom. The third kappa shape index (κ3) is 4.26. The summed E-state index contributed by atoms with van der Waals surface area (Å²) in [4.78, 5) is 9.88. The minimum Gasteiger partial charge on any atom is -0.432 e. The molecule has 0 aromatic carbocycles. The molecule has 0 aromatic rings. The summed E-state index contributed by atoms with van der Waals surface area (Å²) in [5.41, 5.74) is 0.902. The van der Waals surface area contributed by atoms with Gasteiger partial charge in [-0.1, -0.05) is 34.1 Å². The van der Waals surface area contributed by atoms with Crippen LogP contribution in [-0.2, 0) is 0 Å². The third-order valence-corrected chi connectivity index (χ3v) is 5.64.